The van der Waals surface area contributed by atoms with Gasteiger partial charge in [-0.2, -0.15) is 0 Å². The van der Waals surface area contributed by atoms with Crippen LogP contribution in [0.15, 0.2) is 5.18 Å². The molecule has 6 nitrogen and oxygen atoms in total. The summed E-state index contributed by atoms with van der Waals surface area (Å²) in [6, 6.07) is -0.828. The van der Waals surface area contributed by atoms with E-state index < -0.39 is 11.9 Å². The third kappa shape index (κ3) is 3.17. The van der Waals surface area contributed by atoms with Crippen molar-refractivity contribution in [2.45, 2.75) is 25.2 Å². The van der Waals surface area contributed by atoms with Crippen LogP contribution in [0.2, 0.25) is 0 Å². The van der Waals surface area contributed by atoms with E-state index in [1.807, 2.05) is 0 Å². The van der Waals surface area contributed by atoms with Gasteiger partial charge in [-0.05, 0) is 6.42 Å². The molecule has 1 aliphatic rings. The van der Waals surface area contributed by atoms with Gasteiger partial charge in [-0.1, -0.05) is 0 Å². The van der Waals surface area contributed by atoms with Gasteiger partial charge in [0.1, 0.15) is 0 Å². The van der Waals surface area contributed by atoms with Gasteiger partial charge in [0, 0.05) is 11.6 Å². The van der Waals surface area contributed by atoms with Crippen LogP contribution in [0.1, 0.15) is 12.8 Å². The fraction of sp³-hybridized carbons (Fsp3) is 0.857. The molecular weight excluding hydrogens is 176 g/mol. The molecule has 1 heterocycles. The van der Waals surface area contributed by atoms with Gasteiger partial charge < -0.3 is 15.2 Å². The second kappa shape index (κ2) is 5.00. The maximum absolute atomic E-state index is 10.6. The first-order valence-corrected chi connectivity index (χ1v) is 4.10. The molecule has 1 amide bonds. The summed E-state index contributed by atoms with van der Waals surface area (Å²) in [6.07, 6.45) is 0.586. The van der Waals surface area contributed by atoms with Crippen LogP contribution >= 0.6 is 0 Å². The normalized spacial score (nSPS) is 20.1. The largest absolute Gasteiger partial charge is 0.350 e. The van der Waals surface area contributed by atoms with Crippen LogP contribution in [0, 0.1) is 4.91 Å². The van der Waals surface area contributed by atoms with Crippen molar-refractivity contribution >= 4 is 5.91 Å². The molecule has 6 heteroatoms. The number of nitroso groups, excluding NO2 is 1. The van der Waals surface area contributed by atoms with Gasteiger partial charge >= 0.3 is 5.91 Å². The fourth-order valence-corrected chi connectivity index (χ4v) is 1.08. The van der Waals surface area contributed by atoms with Crippen LogP contribution in [0.3, 0.4) is 0 Å². The Morgan fingerprint density at radius 1 is 1.54 bits per heavy atom. The minimum atomic E-state index is -0.828. The molecule has 1 unspecified atom stereocenters. The van der Waals surface area contributed by atoms with E-state index in [4.69, 9.17) is 15.2 Å². The monoisotopic (exact) mass is 188 g/mol. The molecule has 74 valence electrons. The van der Waals surface area contributed by atoms with E-state index in [1.54, 1.807) is 0 Å². The van der Waals surface area contributed by atoms with E-state index in [0.29, 0.717) is 26.1 Å². The minimum Gasteiger partial charge on any atom is -0.350 e. The third-order valence-electron chi connectivity index (χ3n) is 1.81. The molecule has 0 aromatic carbocycles. The summed E-state index contributed by atoms with van der Waals surface area (Å²) < 4.78 is 10.2. The lowest BCUT2D eigenvalue weighted by Gasteiger charge is -2.10. The summed E-state index contributed by atoms with van der Waals surface area (Å²) in [4.78, 5) is 20.4. The predicted octanol–water partition coefficient (Wildman–Crippen LogP) is -0.240. The molecule has 13 heavy (non-hydrogen) atoms. The van der Waals surface area contributed by atoms with Crippen molar-refractivity contribution in [3.05, 3.63) is 4.91 Å². The Hall–Kier alpha value is -0.850. The summed E-state index contributed by atoms with van der Waals surface area (Å²) in [7, 11) is 0. The first-order valence-electron chi connectivity index (χ1n) is 4.10. The summed E-state index contributed by atoms with van der Waals surface area (Å²) in [5, 5.41) is 2.24. The van der Waals surface area contributed by atoms with Crippen molar-refractivity contribution in [1.82, 2.24) is 0 Å². The van der Waals surface area contributed by atoms with Crippen molar-refractivity contribution in [3.8, 4) is 0 Å². The van der Waals surface area contributed by atoms with E-state index in [0.717, 1.165) is 0 Å². The number of carbonyl (C=O) groups is 1. The molecule has 0 bridgehead atoms. The second-order valence-corrected chi connectivity index (χ2v) is 2.78. The number of carbonyl (C=O) groups excluding carboxylic acids is 1. The number of hydrogen-bond acceptors (Lipinski definition) is 5. The summed E-state index contributed by atoms with van der Waals surface area (Å²) in [5.41, 5.74) is 5.35. The molecule has 1 saturated heterocycles. The van der Waals surface area contributed by atoms with Crippen LogP contribution in [-0.4, -0.2) is 31.5 Å². The average molecular weight is 188 g/mol. The first-order chi connectivity index (χ1) is 6.24. The van der Waals surface area contributed by atoms with Crippen molar-refractivity contribution < 1.29 is 14.3 Å². The van der Waals surface area contributed by atoms with Crippen molar-refractivity contribution in [3.63, 3.8) is 0 Å². The van der Waals surface area contributed by atoms with Crippen LogP contribution in [0.25, 0.3) is 0 Å². The molecule has 2 N–H and O–H groups in total. The number of hydrogen-bond donors (Lipinski definition) is 1. The number of ether oxygens (including phenoxy) is 2. The van der Waals surface area contributed by atoms with E-state index in [9.17, 15) is 9.70 Å². The summed E-state index contributed by atoms with van der Waals surface area (Å²) in [6.45, 7) is 1.14. The lowest BCUT2D eigenvalue weighted by atomic mass is 10.1. The van der Waals surface area contributed by atoms with Crippen molar-refractivity contribution in [2.24, 2.45) is 10.9 Å². The average Bonchev–Trinajstić information content (AvgIpc) is 2.65. The molecule has 1 rings (SSSR count). The highest BCUT2D eigenvalue weighted by Gasteiger charge is 2.20. The van der Waals surface area contributed by atoms with Gasteiger partial charge in [-0.25, -0.2) is 0 Å². The highest BCUT2D eigenvalue weighted by Crippen LogP contribution is 2.11. The van der Waals surface area contributed by atoms with Gasteiger partial charge in [0.25, 0.3) is 0 Å². The topological polar surface area (TPSA) is 91.0 Å². The fourth-order valence-electron chi connectivity index (χ4n) is 1.08. The smallest absolute Gasteiger partial charge is 0.302 e. The zero-order chi connectivity index (χ0) is 9.68. The standard InChI is InChI=1S/C7H12N2O4/c8-5(7(10)9-11)1-2-6-12-3-4-13-6/h5-6H,1-4,8H2. The minimum absolute atomic E-state index is 0.287. The summed E-state index contributed by atoms with van der Waals surface area (Å²) in [5.74, 6) is -0.821. The lowest BCUT2D eigenvalue weighted by molar-refractivity contribution is -0.119. The van der Waals surface area contributed by atoms with Crippen LogP contribution < -0.4 is 5.73 Å². The zero-order valence-electron chi connectivity index (χ0n) is 7.14. The molecule has 1 aliphatic heterocycles. The third-order valence-corrected chi connectivity index (χ3v) is 1.81. The highest BCUT2D eigenvalue weighted by molar-refractivity contribution is 5.81. The molecule has 0 radical (unpaired) electrons. The molecule has 0 aliphatic carbocycles. The van der Waals surface area contributed by atoms with Gasteiger partial charge in [0.15, 0.2) is 6.29 Å². The number of nitrogens with zero attached hydrogens (tertiary/aromatic N) is 1. The van der Waals surface area contributed by atoms with Gasteiger partial charge in [0.05, 0.1) is 19.3 Å². The Bertz CT molecular complexity index is 191. The van der Waals surface area contributed by atoms with Crippen molar-refractivity contribution in [2.75, 3.05) is 13.2 Å². The summed E-state index contributed by atoms with van der Waals surface area (Å²) >= 11 is 0. The highest BCUT2D eigenvalue weighted by atomic mass is 16.7. The molecule has 0 aromatic heterocycles. The predicted molar refractivity (Wildman–Crippen MR) is 43.7 cm³/mol. The maximum atomic E-state index is 10.6. The van der Waals surface area contributed by atoms with E-state index in [2.05, 4.69) is 5.18 Å². The Labute approximate surface area is 75.3 Å². The second-order valence-electron chi connectivity index (χ2n) is 2.78. The van der Waals surface area contributed by atoms with E-state index in [-0.39, 0.29) is 6.29 Å². The number of rotatable bonds is 4. The number of amides is 1. The van der Waals surface area contributed by atoms with Crippen LogP contribution in [0.5, 0.6) is 0 Å². The molecule has 1 fully saturated rings. The zero-order valence-corrected chi connectivity index (χ0v) is 7.14. The van der Waals surface area contributed by atoms with E-state index in [1.165, 1.54) is 0 Å². The lowest BCUT2D eigenvalue weighted by Crippen LogP contribution is -2.30. The van der Waals surface area contributed by atoms with Gasteiger partial charge in [-0.3, -0.25) is 4.79 Å². The molecular formula is C7H12N2O4. The molecule has 0 saturated carbocycles. The quantitative estimate of drug-likeness (QED) is 0.615. The Kier molecular flexibility index (Phi) is 3.94. The first kappa shape index (κ1) is 10.2. The van der Waals surface area contributed by atoms with Crippen LogP contribution in [-0.2, 0) is 14.3 Å². The Balaban J connectivity index is 2.17. The molecule has 0 spiro atoms. The van der Waals surface area contributed by atoms with Crippen LogP contribution in [0.4, 0.5) is 0 Å². The van der Waals surface area contributed by atoms with Gasteiger partial charge in [0.2, 0.25) is 0 Å². The Morgan fingerprint density at radius 3 is 2.69 bits per heavy atom. The maximum Gasteiger partial charge on any atom is 0.302 e. The van der Waals surface area contributed by atoms with E-state index >= 15 is 0 Å². The number of nitrogens with two attached hydrogens (primary N) is 1. The SMILES string of the molecule is NC(CCC1OCCO1)C(=O)N=O. The molecule has 0 aromatic rings. The van der Waals surface area contributed by atoms with Crippen molar-refractivity contribution in [1.29, 1.82) is 0 Å². The van der Waals surface area contributed by atoms with Gasteiger partial charge in [-0.15, -0.1) is 4.91 Å². The Morgan fingerprint density at radius 2 is 2.15 bits per heavy atom. The molecule has 1 atom stereocenters.